The van der Waals surface area contributed by atoms with Crippen molar-refractivity contribution in [2.24, 2.45) is 20.0 Å². The Kier molecular flexibility index (Phi) is 6.65. The smallest absolute Gasteiger partial charge is 0.328 e. The lowest BCUT2D eigenvalue weighted by Crippen LogP contribution is -2.44. The van der Waals surface area contributed by atoms with Gasteiger partial charge in [-0.15, -0.1) is 0 Å². The average molecular weight is 417 g/mol. The first kappa shape index (κ1) is 22.1. The van der Waals surface area contributed by atoms with Gasteiger partial charge in [-0.3, -0.25) is 18.7 Å². The fourth-order valence-electron chi connectivity index (χ4n) is 3.97. The predicted molar refractivity (Wildman–Crippen MR) is 115 cm³/mol. The molecule has 1 aromatic heterocycles. The van der Waals surface area contributed by atoms with Crippen LogP contribution < -0.4 is 11.0 Å². The van der Waals surface area contributed by atoms with Crippen molar-refractivity contribution in [1.82, 2.24) is 19.4 Å². The van der Waals surface area contributed by atoms with E-state index in [0.717, 1.165) is 16.6 Å². The van der Waals surface area contributed by atoms with Crippen molar-refractivity contribution in [3.8, 4) is 0 Å². The highest BCUT2D eigenvalue weighted by Crippen LogP contribution is 2.17. The van der Waals surface area contributed by atoms with Gasteiger partial charge in [-0.05, 0) is 37.0 Å². The zero-order valence-corrected chi connectivity index (χ0v) is 18.2. The van der Waals surface area contributed by atoms with Crippen LogP contribution in [0.15, 0.2) is 23.0 Å². The van der Waals surface area contributed by atoms with Gasteiger partial charge in [-0.1, -0.05) is 19.9 Å². The molecule has 3 rings (SSSR count). The van der Waals surface area contributed by atoms with E-state index in [1.807, 2.05) is 32.0 Å². The molecule has 0 bridgehead atoms. The second kappa shape index (κ2) is 9.04. The predicted octanol–water partition coefficient (Wildman–Crippen LogP) is 0.934. The largest absolute Gasteiger partial charge is 0.391 e. The van der Waals surface area contributed by atoms with Crippen LogP contribution in [-0.2, 0) is 30.1 Å². The van der Waals surface area contributed by atoms with E-state index in [1.54, 1.807) is 28.1 Å². The molecule has 1 fully saturated rings. The Morgan fingerprint density at radius 2 is 1.80 bits per heavy atom. The van der Waals surface area contributed by atoms with Crippen molar-refractivity contribution >= 4 is 22.8 Å². The summed E-state index contributed by atoms with van der Waals surface area (Å²) in [4.78, 5) is 38.6. The molecular weight excluding hydrogens is 384 g/mol. The van der Waals surface area contributed by atoms with Gasteiger partial charge in [0.25, 0.3) is 0 Å². The summed E-state index contributed by atoms with van der Waals surface area (Å²) in [5.41, 5.74) is 2.66. The molecular formula is C22H32N4O4. The summed E-state index contributed by atoms with van der Waals surface area (Å²) in [6.07, 6.45) is 1.30. The minimum Gasteiger partial charge on any atom is -0.391 e. The zero-order chi connectivity index (χ0) is 22.0. The van der Waals surface area contributed by atoms with Crippen LogP contribution in [0.2, 0.25) is 0 Å². The normalized spacial score (nSPS) is 19.9. The number of imidazole rings is 1. The molecule has 8 heteroatoms. The molecule has 2 aromatic rings. The second-order valence-electron chi connectivity index (χ2n) is 8.52. The van der Waals surface area contributed by atoms with E-state index in [9.17, 15) is 19.5 Å². The highest BCUT2D eigenvalue weighted by Gasteiger charge is 2.28. The standard InChI is InChI=1S/C22H32N4O4/c1-14(2)21(29)23-16-9-11-26(12-10-19(16)27)20(28)8-6-15-5-7-17-18(13-15)25(4)22(30)24(17)3/h5,7,13-14,16,19,27H,6,8-12H2,1-4H3,(H,23,29)/t16-,19-/m0/s1. The summed E-state index contributed by atoms with van der Waals surface area (Å²) in [5.74, 6) is -0.177. The maximum absolute atomic E-state index is 12.8. The highest BCUT2D eigenvalue weighted by molar-refractivity contribution is 5.79. The first-order chi connectivity index (χ1) is 14.2. The Balaban J connectivity index is 1.60. The van der Waals surface area contributed by atoms with Gasteiger partial charge in [0.05, 0.1) is 23.2 Å². The number of rotatable bonds is 5. The number of carbonyl (C=O) groups is 2. The van der Waals surface area contributed by atoms with Gasteiger partial charge in [0.1, 0.15) is 0 Å². The van der Waals surface area contributed by atoms with Crippen LogP contribution >= 0.6 is 0 Å². The fraction of sp³-hybridized carbons (Fsp3) is 0.591. The zero-order valence-electron chi connectivity index (χ0n) is 18.2. The SMILES string of the molecule is CC(C)C(=O)N[C@H]1CCN(C(=O)CCc2ccc3c(c2)n(C)c(=O)n3C)CC[C@@H]1O. The molecule has 1 saturated heterocycles. The Hall–Kier alpha value is -2.61. The number of carbonyl (C=O) groups excluding carboxylic acids is 2. The Morgan fingerprint density at radius 3 is 2.50 bits per heavy atom. The Labute approximate surface area is 176 Å². The quantitative estimate of drug-likeness (QED) is 0.758. The summed E-state index contributed by atoms with van der Waals surface area (Å²) in [6, 6.07) is 5.52. The van der Waals surface area contributed by atoms with E-state index >= 15 is 0 Å². The lowest BCUT2D eigenvalue weighted by Gasteiger charge is -2.22. The second-order valence-corrected chi connectivity index (χ2v) is 8.52. The van der Waals surface area contributed by atoms with E-state index in [1.165, 1.54) is 0 Å². The lowest BCUT2D eigenvalue weighted by molar-refractivity contribution is -0.131. The maximum Gasteiger partial charge on any atom is 0.328 e. The molecule has 2 heterocycles. The van der Waals surface area contributed by atoms with Gasteiger partial charge in [0.15, 0.2) is 0 Å². The molecule has 0 unspecified atom stereocenters. The number of aliphatic hydroxyl groups is 1. The van der Waals surface area contributed by atoms with Crippen LogP contribution in [0.4, 0.5) is 0 Å². The van der Waals surface area contributed by atoms with Crippen molar-refractivity contribution < 1.29 is 14.7 Å². The fourth-order valence-corrected chi connectivity index (χ4v) is 3.97. The van der Waals surface area contributed by atoms with E-state index in [-0.39, 0.29) is 29.5 Å². The molecule has 0 radical (unpaired) electrons. The van der Waals surface area contributed by atoms with E-state index in [4.69, 9.17) is 0 Å². The summed E-state index contributed by atoms with van der Waals surface area (Å²) in [6.45, 7) is 4.64. The van der Waals surface area contributed by atoms with Crippen LogP contribution in [0.3, 0.4) is 0 Å². The number of fused-ring (bicyclic) bond motifs is 1. The first-order valence-corrected chi connectivity index (χ1v) is 10.6. The van der Waals surface area contributed by atoms with Crippen molar-refractivity contribution in [2.45, 2.75) is 51.7 Å². The van der Waals surface area contributed by atoms with E-state index in [2.05, 4.69) is 5.32 Å². The number of likely N-dealkylation sites (tertiary alicyclic amines) is 1. The molecule has 2 amide bonds. The number of hydrogen-bond acceptors (Lipinski definition) is 4. The van der Waals surface area contributed by atoms with Crippen molar-refractivity contribution in [2.75, 3.05) is 13.1 Å². The van der Waals surface area contributed by atoms with Gasteiger partial charge in [0.2, 0.25) is 11.8 Å². The summed E-state index contributed by atoms with van der Waals surface area (Å²) >= 11 is 0. The maximum atomic E-state index is 12.8. The molecule has 1 aliphatic rings. The topological polar surface area (TPSA) is 96.6 Å². The number of nitrogens with zero attached hydrogens (tertiary/aromatic N) is 3. The number of aliphatic hydroxyl groups excluding tert-OH is 1. The third-order valence-electron chi connectivity index (χ3n) is 6.04. The summed E-state index contributed by atoms with van der Waals surface area (Å²) in [7, 11) is 3.50. The highest BCUT2D eigenvalue weighted by atomic mass is 16.3. The number of nitrogens with one attached hydrogen (secondary N) is 1. The molecule has 30 heavy (non-hydrogen) atoms. The van der Waals surface area contributed by atoms with Crippen LogP contribution in [0.5, 0.6) is 0 Å². The van der Waals surface area contributed by atoms with Crippen LogP contribution in [-0.4, -0.2) is 56.2 Å². The molecule has 0 saturated carbocycles. The molecule has 0 aliphatic carbocycles. The average Bonchev–Trinajstić information content (AvgIpc) is 2.85. The molecule has 164 valence electrons. The van der Waals surface area contributed by atoms with Gasteiger partial charge in [-0.2, -0.15) is 0 Å². The summed E-state index contributed by atoms with van der Waals surface area (Å²) < 4.78 is 3.23. The minimum absolute atomic E-state index is 0.0417. The Morgan fingerprint density at radius 1 is 1.13 bits per heavy atom. The number of aromatic nitrogens is 2. The van der Waals surface area contributed by atoms with Crippen LogP contribution in [0.1, 0.15) is 38.7 Å². The van der Waals surface area contributed by atoms with Gasteiger partial charge < -0.3 is 15.3 Å². The van der Waals surface area contributed by atoms with Crippen molar-refractivity contribution in [3.63, 3.8) is 0 Å². The molecule has 1 aromatic carbocycles. The van der Waals surface area contributed by atoms with Crippen molar-refractivity contribution in [1.29, 1.82) is 0 Å². The summed E-state index contributed by atoms with van der Waals surface area (Å²) in [5, 5.41) is 13.3. The number of aryl methyl sites for hydroxylation is 3. The van der Waals surface area contributed by atoms with Crippen molar-refractivity contribution in [3.05, 3.63) is 34.2 Å². The monoisotopic (exact) mass is 416 g/mol. The first-order valence-electron chi connectivity index (χ1n) is 10.6. The van der Waals surface area contributed by atoms with E-state index in [0.29, 0.717) is 38.8 Å². The third kappa shape index (κ3) is 4.59. The molecule has 0 spiro atoms. The van der Waals surface area contributed by atoms with Gasteiger partial charge in [0, 0.05) is 39.5 Å². The van der Waals surface area contributed by atoms with Gasteiger partial charge >= 0.3 is 5.69 Å². The Bertz CT molecular complexity index is 991. The van der Waals surface area contributed by atoms with Crippen LogP contribution in [0.25, 0.3) is 11.0 Å². The third-order valence-corrected chi connectivity index (χ3v) is 6.04. The molecule has 1 aliphatic heterocycles. The number of benzene rings is 1. The number of hydrogen-bond donors (Lipinski definition) is 2. The minimum atomic E-state index is -0.646. The lowest BCUT2D eigenvalue weighted by atomic mass is 10.1. The number of amides is 2. The van der Waals surface area contributed by atoms with Crippen LogP contribution in [0, 0.1) is 5.92 Å². The molecule has 8 nitrogen and oxygen atoms in total. The van der Waals surface area contributed by atoms with E-state index < -0.39 is 6.10 Å². The molecule has 2 atom stereocenters. The van der Waals surface area contributed by atoms with Gasteiger partial charge in [-0.25, -0.2) is 4.79 Å². The molecule has 2 N–H and O–H groups in total.